The predicted molar refractivity (Wildman–Crippen MR) is 70.8 cm³/mol. The molecule has 1 aliphatic rings. The van der Waals surface area contributed by atoms with Gasteiger partial charge in [-0.3, -0.25) is 0 Å². The molecule has 1 unspecified atom stereocenters. The number of carbonyl (C=O) groups is 1. The monoisotopic (exact) mass is 241 g/mol. The third-order valence-electron chi connectivity index (χ3n) is 3.48. The van der Waals surface area contributed by atoms with Crippen molar-refractivity contribution < 1.29 is 4.79 Å². The van der Waals surface area contributed by atoms with Crippen LogP contribution in [-0.2, 0) is 0 Å². The van der Waals surface area contributed by atoms with E-state index in [0.717, 1.165) is 25.9 Å². The highest BCUT2D eigenvalue weighted by atomic mass is 16.2. The van der Waals surface area contributed by atoms with Crippen LogP contribution >= 0.6 is 0 Å². The molecule has 1 rings (SSSR count). The van der Waals surface area contributed by atoms with Gasteiger partial charge in [-0.1, -0.05) is 20.8 Å². The van der Waals surface area contributed by atoms with E-state index >= 15 is 0 Å². The first-order valence-corrected chi connectivity index (χ1v) is 6.67. The fraction of sp³-hybridized carbons (Fsp3) is 0.923. The Morgan fingerprint density at radius 3 is 2.82 bits per heavy atom. The van der Waals surface area contributed by atoms with Gasteiger partial charge in [-0.15, -0.1) is 0 Å². The number of hydrogen-bond donors (Lipinski definition) is 2. The molecule has 0 aliphatic carbocycles. The van der Waals surface area contributed by atoms with Crippen LogP contribution in [-0.4, -0.2) is 37.1 Å². The fourth-order valence-electron chi connectivity index (χ4n) is 2.28. The maximum Gasteiger partial charge on any atom is 0.317 e. The minimum absolute atomic E-state index is 0.0849. The summed E-state index contributed by atoms with van der Waals surface area (Å²) in [5.74, 6) is 0.631. The van der Waals surface area contributed by atoms with Crippen molar-refractivity contribution in [2.75, 3.05) is 26.2 Å². The highest BCUT2D eigenvalue weighted by molar-refractivity contribution is 5.74. The van der Waals surface area contributed by atoms with Crippen LogP contribution in [0.25, 0.3) is 0 Å². The molecule has 1 aliphatic heterocycles. The summed E-state index contributed by atoms with van der Waals surface area (Å²) in [7, 11) is 0. The van der Waals surface area contributed by atoms with E-state index in [1.165, 1.54) is 6.42 Å². The van der Waals surface area contributed by atoms with Gasteiger partial charge in [0, 0.05) is 19.6 Å². The molecule has 0 aromatic rings. The molecule has 0 bridgehead atoms. The molecule has 1 heterocycles. The second kappa shape index (κ2) is 6.24. The molecule has 1 fully saturated rings. The van der Waals surface area contributed by atoms with Gasteiger partial charge in [-0.2, -0.15) is 0 Å². The lowest BCUT2D eigenvalue weighted by molar-refractivity contribution is 0.164. The van der Waals surface area contributed by atoms with Crippen LogP contribution in [0, 0.1) is 11.3 Å². The lowest BCUT2D eigenvalue weighted by Gasteiger charge is -2.32. The zero-order chi connectivity index (χ0) is 12.9. The second-order valence-electron chi connectivity index (χ2n) is 6.06. The zero-order valence-corrected chi connectivity index (χ0v) is 11.5. The maximum absolute atomic E-state index is 12.0. The first kappa shape index (κ1) is 14.3. The average Bonchev–Trinajstić information content (AvgIpc) is 2.26. The third kappa shape index (κ3) is 4.94. The largest absolute Gasteiger partial charge is 0.337 e. The molecule has 0 spiro atoms. The number of amides is 2. The van der Waals surface area contributed by atoms with Crippen molar-refractivity contribution in [2.45, 2.75) is 40.0 Å². The van der Waals surface area contributed by atoms with Crippen molar-refractivity contribution in [1.29, 1.82) is 0 Å². The summed E-state index contributed by atoms with van der Waals surface area (Å²) >= 11 is 0. The number of nitrogens with one attached hydrogen (secondary N) is 1. The van der Waals surface area contributed by atoms with Crippen molar-refractivity contribution in [2.24, 2.45) is 17.1 Å². The topological polar surface area (TPSA) is 58.4 Å². The lowest BCUT2D eigenvalue weighted by Crippen LogP contribution is -2.47. The van der Waals surface area contributed by atoms with Crippen LogP contribution in [0.3, 0.4) is 0 Å². The van der Waals surface area contributed by atoms with Crippen molar-refractivity contribution in [3.05, 3.63) is 0 Å². The van der Waals surface area contributed by atoms with Gasteiger partial charge in [-0.05, 0) is 37.1 Å². The Hall–Kier alpha value is -0.770. The quantitative estimate of drug-likeness (QED) is 0.788. The van der Waals surface area contributed by atoms with Gasteiger partial charge < -0.3 is 16.0 Å². The van der Waals surface area contributed by atoms with Gasteiger partial charge >= 0.3 is 6.03 Å². The van der Waals surface area contributed by atoms with Gasteiger partial charge in [0.05, 0.1) is 0 Å². The van der Waals surface area contributed by atoms with Crippen molar-refractivity contribution in [3.63, 3.8) is 0 Å². The average molecular weight is 241 g/mol. The van der Waals surface area contributed by atoms with Crippen LogP contribution in [0.4, 0.5) is 4.79 Å². The van der Waals surface area contributed by atoms with E-state index in [1.807, 2.05) is 4.90 Å². The Balaban J connectivity index is 2.33. The summed E-state index contributed by atoms with van der Waals surface area (Å²) in [4.78, 5) is 13.9. The summed E-state index contributed by atoms with van der Waals surface area (Å²) in [6.07, 6.45) is 3.30. The predicted octanol–water partition coefficient (Wildman–Crippen LogP) is 1.80. The van der Waals surface area contributed by atoms with Gasteiger partial charge in [-0.25, -0.2) is 4.79 Å². The summed E-state index contributed by atoms with van der Waals surface area (Å²) < 4.78 is 0. The minimum Gasteiger partial charge on any atom is -0.337 e. The van der Waals surface area contributed by atoms with E-state index in [4.69, 9.17) is 5.73 Å². The molecule has 1 atom stereocenters. The Morgan fingerprint density at radius 2 is 2.24 bits per heavy atom. The minimum atomic E-state index is 0.0849. The highest BCUT2D eigenvalue weighted by Gasteiger charge is 2.23. The zero-order valence-electron chi connectivity index (χ0n) is 11.5. The number of nitrogens with two attached hydrogens (primary N) is 1. The normalized spacial score (nSPS) is 21.4. The van der Waals surface area contributed by atoms with E-state index in [0.29, 0.717) is 19.0 Å². The van der Waals surface area contributed by atoms with E-state index in [-0.39, 0.29) is 11.4 Å². The van der Waals surface area contributed by atoms with Crippen LogP contribution < -0.4 is 11.1 Å². The third-order valence-corrected chi connectivity index (χ3v) is 3.48. The molecule has 1 saturated heterocycles. The van der Waals surface area contributed by atoms with Crippen LogP contribution in [0.5, 0.6) is 0 Å². The summed E-state index contributed by atoms with van der Waals surface area (Å²) in [6, 6.07) is 0.0849. The van der Waals surface area contributed by atoms with Gasteiger partial charge in [0.1, 0.15) is 0 Å². The molecule has 100 valence electrons. The number of urea groups is 1. The summed E-state index contributed by atoms with van der Waals surface area (Å²) in [5.41, 5.74) is 5.65. The maximum atomic E-state index is 12.0. The number of nitrogens with zero attached hydrogens (tertiary/aromatic N) is 1. The first-order chi connectivity index (χ1) is 7.94. The molecule has 0 radical (unpaired) electrons. The van der Waals surface area contributed by atoms with Crippen LogP contribution in [0.2, 0.25) is 0 Å². The Morgan fingerprint density at radius 1 is 1.53 bits per heavy atom. The Kier molecular flexibility index (Phi) is 5.25. The molecule has 4 heteroatoms. The number of carbonyl (C=O) groups excluding carboxylic acids is 1. The molecule has 0 aromatic carbocycles. The first-order valence-electron chi connectivity index (χ1n) is 6.67. The molecular formula is C13H27N3O. The fourth-order valence-corrected chi connectivity index (χ4v) is 2.28. The molecule has 2 amide bonds. The molecule has 0 saturated carbocycles. The Bertz CT molecular complexity index is 253. The van der Waals surface area contributed by atoms with Crippen LogP contribution in [0.1, 0.15) is 40.0 Å². The van der Waals surface area contributed by atoms with Crippen molar-refractivity contribution in [3.8, 4) is 0 Å². The van der Waals surface area contributed by atoms with Gasteiger partial charge in [0.2, 0.25) is 0 Å². The lowest BCUT2D eigenvalue weighted by atomic mass is 9.89. The number of likely N-dealkylation sites (tertiary alicyclic amines) is 1. The number of hydrogen-bond acceptors (Lipinski definition) is 2. The highest BCUT2D eigenvalue weighted by Crippen LogP contribution is 2.19. The van der Waals surface area contributed by atoms with E-state index in [1.54, 1.807) is 0 Å². The Labute approximate surface area is 105 Å². The number of piperidine rings is 1. The standard InChI is InChI=1S/C13H27N3O/c1-11-5-4-8-16(9-11)12(17)15-10-13(2,3)6-7-14/h11H,4-10,14H2,1-3H3,(H,15,17). The van der Waals surface area contributed by atoms with Crippen LogP contribution in [0.15, 0.2) is 0 Å². The smallest absolute Gasteiger partial charge is 0.317 e. The van der Waals surface area contributed by atoms with E-state index < -0.39 is 0 Å². The van der Waals surface area contributed by atoms with Crippen molar-refractivity contribution in [1.82, 2.24) is 10.2 Å². The van der Waals surface area contributed by atoms with Crippen molar-refractivity contribution >= 4 is 6.03 Å². The molecular weight excluding hydrogens is 214 g/mol. The van der Waals surface area contributed by atoms with Gasteiger partial charge in [0.15, 0.2) is 0 Å². The van der Waals surface area contributed by atoms with E-state index in [2.05, 4.69) is 26.1 Å². The second-order valence-corrected chi connectivity index (χ2v) is 6.06. The molecule has 17 heavy (non-hydrogen) atoms. The molecule has 3 N–H and O–H groups in total. The SMILES string of the molecule is CC1CCCN(C(=O)NCC(C)(C)CCN)C1. The summed E-state index contributed by atoms with van der Waals surface area (Å²) in [5, 5.41) is 3.03. The molecule has 4 nitrogen and oxygen atoms in total. The summed E-state index contributed by atoms with van der Waals surface area (Å²) in [6.45, 7) is 9.64. The van der Waals surface area contributed by atoms with E-state index in [9.17, 15) is 4.79 Å². The number of rotatable bonds is 4. The van der Waals surface area contributed by atoms with Gasteiger partial charge in [0.25, 0.3) is 0 Å². The molecule has 0 aromatic heterocycles.